The molecular formula is C11H17ClN2O2. The molecule has 0 saturated carbocycles. The van der Waals surface area contributed by atoms with Gasteiger partial charge in [0.2, 0.25) is 0 Å². The Hall–Kier alpha value is -0.970. The van der Waals surface area contributed by atoms with E-state index < -0.39 is 0 Å². The maximum atomic E-state index is 5.79. The third-order valence-electron chi connectivity index (χ3n) is 2.01. The van der Waals surface area contributed by atoms with Crippen molar-refractivity contribution in [3.05, 3.63) is 23.2 Å². The highest BCUT2D eigenvalue weighted by molar-refractivity contribution is 6.31. The summed E-state index contributed by atoms with van der Waals surface area (Å²) >= 11 is 5.79. The van der Waals surface area contributed by atoms with Crippen LogP contribution in [0.2, 0.25) is 5.02 Å². The van der Waals surface area contributed by atoms with Gasteiger partial charge in [-0.15, -0.1) is 0 Å². The molecule has 0 aliphatic carbocycles. The van der Waals surface area contributed by atoms with Crippen molar-refractivity contribution in [2.75, 3.05) is 44.5 Å². The molecule has 5 heteroatoms. The summed E-state index contributed by atoms with van der Waals surface area (Å²) < 4.78 is 10.2. The lowest BCUT2D eigenvalue weighted by atomic mass is 10.2. The van der Waals surface area contributed by atoms with Gasteiger partial charge in [0.25, 0.3) is 0 Å². The first-order valence-corrected chi connectivity index (χ1v) is 5.47. The molecule has 0 heterocycles. The van der Waals surface area contributed by atoms with E-state index in [1.165, 1.54) is 0 Å². The molecule has 0 saturated heterocycles. The minimum atomic E-state index is 0.605. The van der Waals surface area contributed by atoms with Crippen LogP contribution in [0.4, 0.5) is 11.4 Å². The maximum absolute atomic E-state index is 5.79. The summed E-state index contributed by atoms with van der Waals surface area (Å²) in [6.07, 6.45) is 0. The van der Waals surface area contributed by atoms with Gasteiger partial charge in [-0.3, -0.25) is 0 Å². The molecule has 0 unspecified atom stereocenters. The topological polar surface area (TPSA) is 56.5 Å². The van der Waals surface area contributed by atoms with Crippen molar-refractivity contribution in [3.8, 4) is 0 Å². The highest BCUT2D eigenvalue weighted by atomic mass is 35.5. The van der Waals surface area contributed by atoms with Gasteiger partial charge in [-0.05, 0) is 18.2 Å². The van der Waals surface area contributed by atoms with Crippen molar-refractivity contribution in [1.29, 1.82) is 0 Å². The van der Waals surface area contributed by atoms with E-state index in [1.54, 1.807) is 19.2 Å². The van der Waals surface area contributed by atoms with Crippen molar-refractivity contribution in [2.24, 2.45) is 0 Å². The summed E-state index contributed by atoms with van der Waals surface area (Å²) in [5, 5.41) is 3.81. The monoisotopic (exact) mass is 244 g/mol. The van der Waals surface area contributed by atoms with E-state index in [0.717, 1.165) is 5.69 Å². The van der Waals surface area contributed by atoms with Gasteiger partial charge >= 0.3 is 0 Å². The summed E-state index contributed by atoms with van der Waals surface area (Å²) in [6, 6.07) is 5.37. The molecule has 0 amide bonds. The van der Waals surface area contributed by atoms with Crippen LogP contribution in [0.15, 0.2) is 18.2 Å². The SMILES string of the molecule is COCCOCCNc1ccc(Cl)cc1N. The van der Waals surface area contributed by atoms with E-state index >= 15 is 0 Å². The van der Waals surface area contributed by atoms with E-state index in [4.69, 9.17) is 26.8 Å². The maximum Gasteiger partial charge on any atom is 0.0701 e. The Kier molecular flexibility index (Phi) is 6.00. The number of hydrogen-bond donors (Lipinski definition) is 2. The van der Waals surface area contributed by atoms with Crippen LogP contribution in [0.3, 0.4) is 0 Å². The summed E-state index contributed by atoms with van der Waals surface area (Å²) in [5.74, 6) is 0. The minimum absolute atomic E-state index is 0.605. The van der Waals surface area contributed by atoms with Gasteiger partial charge in [-0.2, -0.15) is 0 Å². The standard InChI is InChI=1S/C11H17ClN2O2/c1-15-6-7-16-5-4-14-11-3-2-9(12)8-10(11)13/h2-3,8,14H,4-7,13H2,1H3. The Labute approximate surface area is 101 Å². The van der Waals surface area contributed by atoms with Gasteiger partial charge in [0.15, 0.2) is 0 Å². The van der Waals surface area contributed by atoms with Gasteiger partial charge in [0, 0.05) is 18.7 Å². The number of nitrogens with two attached hydrogens (primary N) is 1. The zero-order valence-electron chi connectivity index (χ0n) is 9.33. The van der Waals surface area contributed by atoms with Crippen molar-refractivity contribution >= 4 is 23.0 Å². The fourth-order valence-corrected chi connectivity index (χ4v) is 1.38. The molecule has 0 bridgehead atoms. The molecule has 1 aromatic carbocycles. The number of ether oxygens (including phenoxy) is 2. The molecule has 4 nitrogen and oxygen atoms in total. The molecule has 0 atom stereocenters. The fraction of sp³-hybridized carbons (Fsp3) is 0.455. The predicted octanol–water partition coefficient (Wildman–Crippen LogP) is 2.00. The van der Waals surface area contributed by atoms with Crippen LogP contribution in [-0.4, -0.2) is 33.5 Å². The minimum Gasteiger partial charge on any atom is -0.397 e. The number of rotatable bonds is 7. The van der Waals surface area contributed by atoms with Crippen LogP contribution < -0.4 is 11.1 Å². The highest BCUT2D eigenvalue weighted by Crippen LogP contribution is 2.22. The first kappa shape index (κ1) is 13.1. The molecule has 1 aromatic rings. The van der Waals surface area contributed by atoms with E-state index in [-0.39, 0.29) is 0 Å². The van der Waals surface area contributed by atoms with E-state index in [0.29, 0.717) is 37.1 Å². The molecule has 16 heavy (non-hydrogen) atoms. The predicted molar refractivity (Wildman–Crippen MR) is 67.0 cm³/mol. The van der Waals surface area contributed by atoms with Crippen molar-refractivity contribution in [3.63, 3.8) is 0 Å². The van der Waals surface area contributed by atoms with Crippen LogP contribution in [0, 0.1) is 0 Å². The normalized spacial score (nSPS) is 10.4. The lowest BCUT2D eigenvalue weighted by molar-refractivity contribution is 0.0759. The third-order valence-corrected chi connectivity index (χ3v) is 2.24. The zero-order chi connectivity index (χ0) is 11.8. The molecule has 0 spiro atoms. The summed E-state index contributed by atoms with van der Waals surface area (Å²) in [4.78, 5) is 0. The Balaban J connectivity index is 2.21. The summed E-state index contributed by atoms with van der Waals surface area (Å²) in [7, 11) is 1.65. The fourth-order valence-electron chi connectivity index (χ4n) is 1.20. The first-order valence-electron chi connectivity index (χ1n) is 5.09. The smallest absolute Gasteiger partial charge is 0.0701 e. The van der Waals surface area contributed by atoms with Crippen LogP contribution in [0.5, 0.6) is 0 Å². The summed E-state index contributed by atoms with van der Waals surface area (Å²) in [6.45, 7) is 2.54. The van der Waals surface area contributed by atoms with E-state index in [2.05, 4.69) is 5.32 Å². The average Bonchev–Trinajstić information content (AvgIpc) is 2.26. The number of anilines is 2. The molecule has 1 rings (SSSR count). The van der Waals surface area contributed by atoms with Crippen molar-refractivity contribution < 1.29 is 9.47 Å². The molecular weight excluding hydrogens is 228 g/mol. The quantitative estimate of drug-likeness (QED) is 0.569. The van der Waals surface area contributed by atoms with Gasteiger partial charge in [-0.25, -0.2) is 0 Å². The Morgan fingerprint density at radius 3 is 2.81 bits per heavy atom. The molecule has 3 N–H and O–H groups in total. The molecule has 0 aliphatic heterocycles. The zero-order valence-corrected chi connectivity index (χ0v) is 10.1. The van der Waals surface area contributed by atoms with E-state index in [1.807, 2.05) is 6.07 Å². The second-order valence-corrected chi connectivity index (χ2v) is 3.70. The second kappa shape index (κ2) is 7.33. The van der Waals surface area contributed by atoms with Gasteiger partial charge < -0.3 is 20.5 Å². The van der Waals surface area contributed by atoms with Crippen LogP contribution in [0.1, 0.15) is 0 Å². The van der Waals surface area contributed by atoms with Crippen LogP contribution in [0.25, 0.3) is 0 Å². The lowest BCUT2D eigenvalue weighted by Crippen LogP contribution is -2.12. The average molecular weight is 245 g/mol. The molecule has 0 aliphatic rings. The second-order valence-electron chi connectivity index (χ2n) is 3.26. The van der Waals surface area contributed by atoms with Gasteiger partial charge in [0.1, 0.15) is 0 Å². The van der Waals surface area contributed by atoms with Crippen LogP contribution in [-0.2, 0) is 9.47 Å². The Bertz CT molecular complexity index is 321. The van der Waals surface area contributed by atoms with Gasteiger partial charge in [0.05, 0.1) is 31.2 Å². The first-order chi connectivity index (χ1) is 7.74. The Morgan fingerprint density at radius 1 is 1.31 bits per heavy atom. The third kappa shape index (κ3) is 4.70. The van der Waals surface area contributed by atoms with Crippen molar-refractivity contribution in [1.82, 2.24) is 0 Å². The van der Waals surface area contributed by atoms with Crippen LogP contribution >= 0.6 is 11.6 Å². The lowest BCUT2D eigenvalue weighted by Gasteiger charge is -2.09. The Morgan fingerprint density at radius 2 is 2.12 bits per heavy atom. The number of nitrogen functional groups attached to an aromatic ring is 1. The number of benzene rings is 1. The summed E-state index contributed by atoms with van der Waals surface area (Å²) in [5.41, 5.74) is 7.29. The molecule has 0 fully saturated rings. The number of nitrogens with one attached hydrogen (secondary N) is 1. The molecule has 0 radical (unpaired) electrons. The van der Waals surface area contributed by atoms with E-state index in [9.17, 15) is 0 Å². The van der Waals surface area contributed by atoms with Crippen molar-refractivity contribution in [2.45, 2.75) is 0 Å². The molecule has 0 aromatic heterocycles. The van der Waals surface area contributed by atoms with Gasteiger partial charge in [-0.1, -0.05) is 11.6 Å². The number of methoxy groups -OCH3 is 1. The largest absolute Gasteiger partial charge is 0.397 e. The molecule has 90 valence electrons. The highest BCUT2D eigenvalue weighted by Gasteiger charge is 1.98. The number of hydrogen-bond acceptors (Lipinski definition) is 4. The number of halogens is 1.